The Morgan fingerprint density at radius 1 is 0.609 bits per heavy atom. The van der Waals surface area contributed by atoms with Crippen molar-refractivity contribution in [2.45, 2.75) is 102 Å². The van der Waals surface area contributed by atoms with E-state index in [-0.39, 0.29) is 6.42 Å². The van der Waals surface area contributed by atoms with E-state index in [1.165, 1.54) is 19.3 Å². The van der Waals surface area contributed by atoms with Gasteiger partial charge in [0.1, 0.15) is 6.61 Å². The average molecular weight is 685 g/mol. The molecule has 1 aromatic carbocycles. The second kappa shape index (κ2) is 17.4. The number of aryl methyl sites for hydroxylation is 1. The molecule has 0 atom stereocenters. The fourth-order valence-corrected chi connectivity index (χ4v) is 3.89. The summed E-state index contributed by atoms with van der Waals surface area (Å²) in [5.41, 5.74) is 1.82. The summed E-state index contributed by atoms with van der Waals surface area (Å²) in [6, 6.07) is 7.53. The van der Waals surface area contributed by atoms with E-state index < -0.39 is 43.8 Å². The van der Waals surface area contributed by atoms with Crippen LogP contribution in [0, 0.1) is 0 Å². The van der Waals surface area contributed by atoms with Crippen molar-refractivity contribution in [1.29, 1.82) is 0 Å². The largest absolute Gasteiger partial charge is 0.490 e. The molecule has 46 heavy (non-hydrogen) atoms. The second-order valence-corrected chi connectivity index (χ2v) is 10.3. The first-order valence-electron chi connectivity index (χ1n) is 14.5. The van der Waals surface area contributed by atoms with Gasteiger partial charge < -0.3 is 9.47 Å². The van der Waals surface area contributed by atoms with Crippen molar-refractivity contribution >= 4 is 0 Å². The molecule has 0 saturated heterocycles. The Morgan fingerprint density at radius 3 is 1.74 bits per heavy atom. The van der Waals surface area contributed by atoms with Crippen LogP contribution in [0.25, 0.3) is 11.4 Å². The van der Waals surface area contributed by atoms with Gasteiger partial charge in [0.15, 0.2) is 11.6 Å². The first-order valence-corrected chi connectivity index (χ1v) is 14.5. The lowest BCUT2D eigenvalue weighted by atomic mass is 10.0. The normalized spacial score (nSPS) is 13.3. The monoisotopic (exact) mass is 684 g/mol. The minimum atomic E-state index is -6.82. The topological polar surface area (TPSA) is 62.7 Å². The summed E-state index contributed by atoms with van der Waals surface area (Å²) in [5, 5.41) is 0. The summed E-state index contributed by atoms with van der Waals surface area (Å²) in [4.78, 5) is 8.68. The van der Waals surface area contributed by atoms with E-state index in [0.717, 1.165) is 24.0 Å². The number of halogens is 11. The van der Waals surface area contributed by atoms with Crippen LogP contribution in [0.15, 0.2) is 36.7 Å². The number of hydrogen-bond donors (Lipinski definition) is 0. The number of benzene rings is 1. The molecule has 2 aromatic rings. The van der Waals surface area contributed by atoms with E-state index in [0.29, 0.717) is 43.9 Å². The zero-order valence-electron chi connectivity index (χ0n) is 24.8. The van der Waals surface area contributed by atoms with E-state index in [9.17, 15) is 48.3 Å². The highest BCUT2D eigenvalue weighted by Gasteiger charge is 2.72. The summed E-state index contributed by atoms with van der Waals surface area (Å²) in [7, 11) is 0. The second-order valence-electron chi connectivity index (χ2n) is 10.3. The fourth-order valence-electron chi connectivity index (χ4n) is 3.89. The van der Waals surface area contributed by atoms with E-state index >= 15 is 0 Å². The maximum Gasteiger partial charge on any atom is 0.483 e. The van der Waals surface area contributed by atoms with Gasteiger partial charge in [0.2, 0.25) is 0 Å². The number of unbranched alkanes of at least 4 members (excludes halogenated alkanes) is 7. The molecule has 1 aromatic heterocycles. The maximum absolute atomic E-state index is 13.5. The van der Waals surface area contributed by atoms with Crippen molar-refractivity contribution in [3.05, 3.63) is 42.2 Å². The van der Waals surface area contributed by atoms with Gasteiger partial charge in [-0.3, -0.25) is 0 Å². The minimum Gasteiger partial charge on any atom is -0.490 e. The Bertz CT molecular complexity index is 1150. The lowest BCUT2D eigenvalue weighted by Crippen LogP contribution is -2.55. The lowest BCUT2D eigenvalue weighted by Gasteiger charge is -2.31. The number of nitrogens with zero attached hydrogens (tertiary/aromatic N) is 2. The number of rotatable bonds is 22. The highest BCUT2D eigenvalue weighted by molar-refractivity contribution is 5.55. The van der Waals surface area contributed by atoms with E-state index in [1.807, 2.05) is 29.0 Å². The van der Waals surface area contributed by atoms with Crippen LogP contribution in [0.3, 0.4) is 0 Å². The Morgan fingerprint density at radius 2 is 1.15 bits per heavy atom. The van der Waals surface area contributed by atoms with Crippen LogP contribution in [0.1, 0.15) is 70.3 Å². The van der Waals surface area contributed by atoms with Gasteiger partial charge in [0, 0.05) is 12.2 Å². The quantitative estimate of drug-likeness (QED) is 0.0910. The van der Waals surface area contributed by atoms with Crippen molar-refractivity contribution in [1.82, 2.24) is 9.97 Å². The van der Waals surface area contributed by atoms with E-state index in [1.54, 1.807) is 12.4 Å². The standard InChI is InChI=1S/C29H35F11N2O4/c1-2-3-4-6-10-17-44-23-18-41-24(42-19-23)22-14-12-21(13-15-22)11-8-5-7-9-16-43-20-25(30,31)45-28(37,38)29(39,40)46-27(35,36)26(32,33)34/h12-15,18-19H,2-11,16-17,20H2,1H3. The van der Waals surface area contributed by atoms with Crippen molar-refractivity contribution < 1.29 is 67.2 Å². The van der Waals surface area contributed by atoms with Crippen LogP contribution in [-0.2, 0) is 20.6 Å². The van der Waals surface area contributed by atoms with Crippen molar-refractivity contribution in [2.75, 3.05) is 19.8 Å². The predicted octanol–water partition coefficient (Wildman–Crippen LogP) is 9.58. The highest BCUT2D eigenvalue weighted by Crippen LogP contribution is 2.47. The molecule has 0 saturated carbocycles. The van der Waals surface area contributed by atoms with Gasteiger partial charge in [-0.1, -0.05) is 69.7 Å². The predicted molar refractivity (Wildman–Crippen MR) is 143 cm³/mol. The molecular weight excluding hydrogens is 649 g/mol. The number of alkyl halides is 11. The molecule has 17 heteroatoms. The lowest BCUT2D eigenvalue weighted by molar-refractivity contribution is -0.537. The summed E-state index contributed by atoms with van der Waals surface area (Å²) >= 11 is 0. The summed E-state index contributed by atoms with van der Waals surface area (Å²) < 4.78 is 156. The van der Waals surface area contributed by atoms with Gasteiger partial charge in [0.05, 0.1) is 19.0 Å². The summed E-state index contributed by atoms with van der Waals surface area (Å²) in [6.45, 7) is 0.329. The summed E-state index contributed by atoms with van der Waals surface area (Å²) in [5.74, 6) is 1.13. The molecule has 0 aliphatic carbocycles. The molecule has 2 rings (SSSR count). The van der Waals surface area contributed by atoms with Gasteiger partial charge in [-0.2, -0.15) is 48.3 Å². The number of hydrogen-bond acceptors (Lipinski definition) is 6. The molecule has 0 aliphatic heterocycles. The zero-order chi connectivity index (χ0) is 34.5. The summed E-state index contributed by atoms with van der Waals surface area (Å²) in [6.07, 6.45) is -20.6. The third-order valence-electron chi connectivity index (χ3n) is 6.33. The SMILES string of the molecule is CCCCCCCOc1cnc(-c2ccc(CCCCCCOCC(F)(F)OC(F)(F)C(F)(F)OC(F)(F)C(F)(F)F)cc2)nc1. The van der Waals surface area contributed by atoms with Gasteiger partial charge in [0.25, 0.3) is 0 Å². The molecule has 0 N–H and O–H groups in total. The van der Waals surface area contributed by atoms with E-state index in [2.05, 4.69) is 26.4 Å². The van der Waals surface area contributed by atoms with Gasteiger partial charge in [-0.05, 0) is 31.2 Å². The van der Waals surface area contributed by atoms with Crippen molar-refractivity contribution in [3.8, 4) is 17.1 Å². The number of ether oxygens (including phenoxy) is 4. The first-order chi connectivity index (χ1) is 21.4. The van der Waals surface area contributed by atoms with Crippen LogP contribution < -0.4 is 4.74 Å². The molecule has 0 amide bonds. The zero-order valence-corrected chi connectivity index (χ0v) is 24.8. The Kier molecular flexibility index (Phi) is 14.9. The smallest absolute Gasteiger partial charge is 0.483 e. The van der Waals surface area contributed by atoms with Crippen LogP contribution in [-0.4, -0.2) is 60.4 Å². The molecule has 0 radical (unpaired) electrons. The Labute approximate surface area is 258 Å². The minimum absolute atomic E-state index is 0.165. The molecular formula is C29H35F11N2O4. The van der Waals surface area contributed by atoms with Gasteiger partial charge in [-0.25, -0.2) is 19.4 Å². The van der Waals surface area contributed by atoms with Crippen LogP contribution in [0.5, 0.6) is 5.75 Å². The molecule has 0 bridgehead atoms. The molecule has 1 heterocycles. The van der Waals surface area contributed by atoms with Crippen LogP contribution >= 0.6 is 0 Å². The Balaban J connectivity index is 1.65. The molecule has 0 spiro atoms. The van der Waals surface area contributed by atoms with E-state index in [4.69, 9.17) is 4.74 Å². The molecule has 262 valence electrons. The molecule has 0 fully saturated rings. The Hall–Kier alpha value is -2.79. The highest BCUT2D eigenvalue weighted by atomic mass is 19.4. The molecule has 0 aliphatic rings. The van der Waals surface area contributed by atoms with Crippen molar-refractivity contribution in [3.63, 3.8) is 0 Å². The first kappa shape index (κ1) is 39.4. The third-order valence-corrected chi connectivity index (χ3v) is 6.33. The van der Waals surface area contributed by atoms with Gasteiger partial charge >= 0.3 is 30.6 Å². The van der Waals surface area contributed by atoms with Crippen LogP contribution in [0.4, 0.5) is 48.3 Å². The maximum atomic E-state index is 13.5. The molecule has 6 nitrogen and oxygen atoms in total. The average Bonchev–Trinajstić information content (AvgIpc) is 2.95. The number of aromatic nitrogens is 2. The molecule has 0 unspecified atom stereocenters. The van der Waals surface area contributed by atoms with Crippen LogP contribution in [0.2, 0.25) is 0 Å². The third kappa shape index (κ3) is 13.1. The van der Waals surface area contributed by atoms with Crippen molar-refractivity contribution in [2.24, 2.45) is 0 Å². The fraction of sp³-hybridized carbons (Fsp3) is 0.655. The van der Waals surface area contributed by atoms with Gasteiger partial charge in [-0.15, -0.1) is 0 Å².